The molecule has 2 aromatic heterocycles. The minimum Gasteiger partial charge on any atom is -0.395 e. The fourth-order valence-electron chi connectivity index (χ4n) is 1.59. The average Bonchev–Trinajstić information content (AvgIpc) is 2.72. The van der Waals surface area contributed by atoms with Gasteiger partial charge in [0, 0.05) is 12.6 Å². The lowest BCUT2D eigenvalue weighted by Gasteiger charge is -2.25. The Morgan fingerprint density at radius 3 is 3.00 bits per heavy atom. The Hall–Kier alpha value is -1.20. The summed E-state index contributed by atoms with van der Waals surface area (Å²) < 4.78 is 1.09. The van der Waals surface area contributed by atoms with Gasteiger partial charge in [-0.3, -0.25) is 0 Å². The fraction of sp³-hybridized carbons (Fsp3) is 0.455. The molecule has 86 valence electrons. The van der Waals surface area contributed by atoms with Crippen molar-refractivity contribution >= 4 is 27.5 Å². The topological polar surface area (TPSA) is 49.2 Å². The predicted octanol–water partition coefficient (Wildman–Crippen LogP) is 1.90. The largest absolute Gasteiger partial charge is 0.395 e. The summed E-state index contributed by atoms with van der Waals surface area (Å²) in [5.74, 6) is 0.690. The number of aliphatic hydroxyl groups excluding tert-OH is 1. The van der Waals surface area contributed by atoms with E-state index in [0.29, 0.717) is 12.5 Å². The Morgan fingerprint density at radius 2 is 2.31 bits per heavy atom. The van der Waals surface area contributed by atoms with Crippen LogP contribution in [-0.4, -0.2) is 34.3 Å². The fourth-order valence-corrected chi connectivity index (χ4v) is 2.28. The summed E-state index contributed by atoms with van der Waals surface area (Å²) in [4.78, 5) is 10.8. The van der Waals surface area contributed by atoms with Crippen molar-refractivity contribution in [2.24, 2.45) is 0 Å². The first-order valence-electron chi connectivity index (χ1n) is 5.30. The molecule has 5 heteroatoms. The zero-order valence-electron chi connectivity index (χ0n) is 9.42. The Bertz CT molecular complexity index is 469. The summed E-state index contributed by atoms with van der Waals surface area (Å²) >= 11 is 1.64. The molecule has 0 saturated heterocycles. The molecule has 2 rings (SSSR count). The first-order chi connectivity index (χ1) is 7.72. The van der Waals surface area contributed by atoms with Gasteiger partial charge >= 0.3 is 0 Å². The highest BCUT2D eigenvalue weighted by molar-refractivity contribution is 7.17. The van der Waals surface area contributed by atoms with Crippen molar-refractivity contribution in [3.63, 3.8) is 0 Å². The van der Waals surface area contributed by atoms with Crippen LogP contribution in [0.5, 0.6) is 0 Å². The van der Waals surface area contributed by atoms with Crippen molar-refractivity contribution in [3.8, 4) is 0 Å². The summed E-state index contributed by atoms with van der Waals surface area (Å²) in [7, 11) is 0. The molecular formula is C11H15N3OS. The molecule has 2 heterocycles. The number of anilines is 1. The molecule has 0 atom stereocenters. The average molecular weight is 237 g/mol. The second-order valence-electron chi connectivity index (χ2n) is 3.85. The minimum absolute atomic E-state index is 0.114. The molecule has 0 aromatic carbocycles. The second kappa shape index (κ2) is 4.76. The number of hydrogen-bond acceptors (Lipinski definition) is 5. The summed E-state index contributed by atoms with van der Waals surface area (Å²) in [6.07, 6.45) is 1.84. The number of thiophene rings is 1. The van der Waals surface area contributed by atoms with Crippen LogP contribution >= 0.6 is 11.3 Å². The normalized spacial score (nSPS) is 11.2. The maximum atomic E-state index is 9.02. The SMILES string of the molecule is CC(C)N(CCO)c1ncc2sccc2n1. The lowest BCUT2D eigenvalue weighted by atomic mass is 10.3. The molecule has 0 unspecified atom stereocenters. The van der Waals surface area contributed by atoms with E-state index in [0.717, 1.165) is 10.2 Å². The van der Waals surface area contributed by atoms with Gasteiger partial charge in [0.05, 0.1) is 23.0 Å². The highest BCUT2D eigenvalue weighted by atomic mass is 32.1. The van der Waals surface area contributed by atoms with Crippen LogP contribution in [0.4, 0.5) is 5.95 Å². The molecule has 0 saturated carbocycles. The number of rotatable bonds is 4. The van der Waals surface area contributed by atoms with Crippen LogP contribution in [0.25, 0.3) is 10.2 Å². The first kappa shape index (κ1) is 11.3. The molecule has 0 fully saturated rings. The predicted molar refractivity (Wildman–Crippen MR) is 67.0 cm³/mol. The summed E-state index contributed by atoms with van der Waals surface area (Å²) in [5, 5.41) is 11.0. The third-order valence-corrected chi connectivity index (χ3v) is 3.25. The third kappa shape index (κ3) is 2.15. The number of nitrogens with zero attached hydrogens (tertiary/aromatic N) is 3. The van der Waals surface area contributed by atoms with E-state index in [1.165, 1.54) is 0 Å². The number of aliphatic hydroxyl groups is 1. The van der Waals surface area contributed by atoms with E-state index >= 15 is 0 Å². The lowest BCUT2D eigenvalue weighted by molar-refractivity contribution is 0.298. The number of hydrogen-bond donors (Lipinski definition) is 1. The number of aromatic nitrogens is 2. The highest BCUT2D eigenvalue weighted by Crippen LogP contribution is 2.20. The first-order valence-corrected chi connectivity index (χ1v) is 6.18. The van der Waals surface area contributed by atoms with Gasteiger partial charge in [-0.15, -0.1) is 11.3 Å². The number of fused-ring (bicyclic) bond motifs is 1. The molecule has 0 spiro atoms. The minimum atomic E-state index is 0.114. The summed E-state index contributed by atoms with van der Waals surface area (Å²) in [6.45, 7) is 4.81. The van der Waals surface area contributed by atoms with E-state index in [2.05, 4.69) is 23.8 Å². The van der Waals surface area contributed by atoms with Crippen molar-refractivity contribution in [2.45, 2.75) is 19.9 Å². The maximum Gasteiger partial charge on any atom is 0.226 e. The molecule has 16 heavy (non-hydrogen) atoms. The van der Waals surface area contributed by atoms with Crippen LogP contribution in [0.1, 0.15) is 13.8 Å². The van der Waals surface area contributed by atoms with Gasteiger partial charge in [-0.2, -0.15) is 0 Å². The van der Waals surface area contributed by atoms with Gasteiger partial charge in [0.2, 0.25) is 5.95 Å². The van der Waals surface area contributed by atoms with E-state index in [9.17, 15) is 0 Å². The molecule has 0 aliphatic heterocycles. The van der Waals surface area contributed by atoms with Gasteiger partial charge in [-0.05, 0) is 25.3 Å². The highest BCUT2D eigenvalue weighted by Gasteiger charge is 2.13. The van der Waals surface area contributed by atoms with E-state index in [4.69, 9.17) is 5.11 Å². The van der Waals surface area contributed by atoms with Crippen LogP contribution in [-0.2, 0) is 0 Å². The van der Waals surface area contributed by atoms with E-state index < -0.39 is 0 Å². The maximum absolute atomic E-state index is 9.02. The standard InChI is InChI=1S/C11H15N3OS/c1-8(2)14(4-5-15)11-12-7-10-9(13-11)3-6-16-10/h3,6-8,15H,4-5H2,1-2H3. The Kier molecular flexibility index (Phi) is 3.36. The molecule has 1 N–H and O–H groups in total. The smallest absolute Gasteiger partial charge is 0.226 e. The molecule has 0 bridgehead atoms. The van der Waals surface area contributed by atoms with Crippen molar-refractivity contribution in [2.75, 3.05) is 18.1 Å². The van der Waals surface area contributed by atoms with E-state index in [-0.39, 0.29) is 12.6 Å². The molecule has 0 radical (unpaired) electrons. The van der Waals surface area contributed by atoms with Gasteiger partial charge in [0.15, 0.2) is 0 Å². The quantitative estimate of drug-likeness (QED) is 0.882. The lowest BCUT2D eigenvalue weighted by Crippen LogP contribution is -2.34. The van der Waals surface area contributed by atoms with Crippen LogP contribution in [0, 0.1) is 0 Å². The summed E-state index contributed by atoms with van der Waals surface area (Å²) in [6, 6.07) is 2.27. The van der Waals surface area contributed by atoms with Crippen molar-refractivity contribution in [3.05, 3.63) is 17.6 Å². The van der Waals surface area contributed by atoms with Gasteiger partial charge in [0.1, 0.15) is 0 Å². The van der Waals surface area contributed by atoms with Crippen LogP contribution in [0.15, 0.2) is 17.6 Å². The molecule has 0 aliphatic carbocycles. The van der Waals surface area contributed by atoms with E-state index in [1.54, 1.807) is 11.3 Å². The zero-order chi connectivity index (χ0) is 11.5. The van der Waals surface area contributed by atoms with Crippen LogP contribution in [0.3, 0.4) is 0 Å². The van der Waals surface area contributed by atoms with Crippen molar-refractivity contribution in [1.82, 2.24) is 9.97 Å². The zero-order valence-corrected chi connectivity index (χ0v) is 10.2. The molecule has 4 nitrogen and oxygen atoms in total. The Labute approximate surface area is 98.6 Å². The van der Waals surface area contributed by atoms with Crippen molar-refractivity contribution < 1.29 is 5.11 Å². The van der Waals surface area contributed by atoms with Crippen LogP contribution in [0.2, 0.25) is 0 Å². The van der Waals surface area contributed by atoms with Gasteiger partial charge in [-0.25, -0.2) is 9.97 Å². The Balaban J connectivity index is 2.35. The molecule has 0 aliphatic rings. The summed E-state index contributed by atoms with van der Waals surface area (Å²) in [5.41, 5.74) is 0.971. The second-order valence-corrected chi connectivity index (χ2v) is 4.80. The van der Waals surface area contributed by atoms with Gasteiger partial charge in [0.25, 0.3) is 0 Å². The van der Waals surface area contributed by atoms with E-state index in [1.807, 2.05) is 22.5 Å². The molecular weight excluding hydrogens is 222 g/mol. The Morgan fingerprint density at radius 1 is 1.50 bits per heavy atom. The molecule has 0 amide bonds. The third-order valence-electron chi connectivity index (χ3n) is 2.41. The van der Waals surface area contributed by atoms with Crippen LogP contribution < -0.4 is 4.90 Å². The molecule has 2 aromatic rings. The van der Waals surface area contributed by atoms with Crippen molar-refractivity contribution in [1.29, 1.82) is 0 Å². The van der Waals surface area contributed by atoms with Gasteiger partial charge < -0.3 is 10.0 Å². The monoisotopic (exact) mass is 237 g/mol. The van der Waals surface area contributed by atoms with Gasteiger partial charge in [-0.1, -0.05) is 0 Å².